The van der Waals surface area contributed by atoms with Gasteiger partial charge in [0.2, 0.25) is 0 Å². The van der Waals surface area contributed by atoms with Crippen molar-refractivity contribution in [3.05, 3.63) is 47.9 Å². The normalized spacial score (nSPS) is 10.8. The molecular formula is C20H28N2O4. The number of benzene rings is 1. The number of nitrogens with zero attached hydrogens (tertiary/aromatic N) is 1. The van der Waals surface area contributed by atoms with Crippen LogP contribution >= 0.6 is 0 Å². The first-order valence-electron chi connectivity index (χ1n) is 9.02. The van der Waals surface area contributed by atoms with Crippen LogP contribution < -0.4 is 14.8 Å². The average Bonchev–Trinajstić information content (AvgIpc) is 3.16. The summed E-state index contributed by atoms with van der Waals surface area (Å²) in [6.45, 7) is 8.21. The Kier molecular flexibility index (Phi) is 8.02. The molecule has 0 spiro atoms. The van der Waals surface area contributed by atoms with Crippen molar-refractivity contribution in [1.29, 1.82) is 0 Å². The maximum atomic E-state index is 12.1. The van der Waals surface area contributed by atoms with Crippen molar-refractivity contribution >= 4 is 5.91 Å². The Balaban J connectivity index is 1.74. The summed E-state index contributed by atoms with van der Waals surface area (Å²) >= 11 is 0. The monoisotopic (exact) mass is 360 g/mol. The summed E-state index contributed by atoms with van der Waals surface area (Å²) in [4.78, 5) is 14.4. The molecule has 26 heavy (non-hydrogen) atoms. The minimum atomic E-state index is -0.194. The van der Waals surface area contributed by atoms with Crippen molar-refractivity contribution in [2.75, 3.05) is 33.3 Å². The fourth-order valence-electron chi connectivity index (χ4n) is 2.54. The van der Waals surface area contributed by atoms with E-state index >= 15 is 0 Å². The predicted molar refractivity (Wildman–Crippen MR) is 101 cm³/mol. The molecule has 2 aromatic rings. The molecule has 0 aliphatic carbocycles. The molecular weight excluding hydrogens is 332 g/mol. The molecule has 0 saturated carbocycles. The number of amides is 1. The van der Waals surface area contributed by atoms with Crippen LogP contribution in [0.15, 0.2) is 40.8 Å². The predicted octanol–water partition coefficient (Wildman–Crippen LogP) is 3.33. The zero-order valence-corrected chi connectivity index (χ0v) is 15.8. The summed E-state index contributed by atoms with van der Waals surface area (Å²) in [5.74, 6) is 2.20. The minimum Gasteiger partial charge on any atom is -0.497 e. The standard InChI is InChI=1S/C20H28N2O4/c1-4-22(5-2)14-6-13-21-20(23)19-12-11-18(26-19)15-25-17-9-7-16(24-3)8-10-17/h7-12H,4-6,13-15H2,1-3H3,(H,21,23). The van der Waals surface area contributed by atoms with Crippen molar-refractivity contribution in [3.63, 3.8) is 0 Å². The Labute approximate surface area is 155 Å². The van der Waals surface area contributed by atoms with Crippen LogP contribution in [0.4, 0.5) is 0 Å². The Morgan fingerprint density at radius 3 is 2.42 bits per heavy atom. The molecule has 2 rings (SSSR count). The highest BCUT2D eigenvalue weighted by Gasteiger charge is 2.11. The lowest BCUT2D eigenvalue weighted by atomic mass is 10.3. The van der Waals surface area contributed by atoms with E-state index in [-0.39, 0.29) is 12.5 Å². The first-order valence-corrected chi connectivity index (χ1v) is 9.02. The molecule has 0 unspecified atom stereocenters. The van der Waals surface area contributed by atoms with E-state index in [1.165, 1.54) is 0 Å². The molecule has 1 heterocycles. The molecule has 0 bridgehead atoms. The molecule has 1 aromatic carbocycles. The summed E-state index contributed by atoms with van der Waals surface area (Å²) in [5, 5.41) is 2.89. The number of hydrogen-bond acceptors (Lipinski definition) is 5. The number of carbonyl (C=O) groups is 1. The summed E-state index contributed by atoms with van der Waals surface area (Å²) in [7, 11) is 1.62. The molecule has 142 valence electrons. The van der Waals surface area contributed by atoms with Crippen molar-refractivity contribution in [2.24, 2.45) is 0 Å². The second kappa shape index (κ2) is 10.5. The SMILES string of the molecule is CCN(CC)CCCNC(=O)c1ccc(COc2ccc(OC)cc2)o1. The van der Waals surface area contributed by atoms with Gasteiger partial charge in [0.15, 0.2) is 5.76 Å². The van der Waals surface area contributed by atoms with Crippen LogP contribution in [0, 0.1) is 0 Å². The Morgan fingerprint density at radius 2 is 1.77 bits per heavy atom. The number of carbonyl (C=O) groups excluding carboxylic acids is 1. The highest BCUT2D eigenvalue weighted by molar-refractivity contribution is 5.91. The largest absolute Gasteiger partial charge is 0.497 e. The first kappa shape index (κ1) is 19.8. The maximum Gasteiger partial charge on any atom is 0.286 e. The number of hydrogen-bond donors (Lipinski definition) is 1. The van der Waals surface area contributed by atoms with Gasteiger partial charge in [0, 0.05) is 6.54 Å². The van der Waals surface area contributed by atoms with Gasteiger partial charge in [-0.25, -0.2) is 0 Å². The molecule has 0 atom stereocenters. The molecule has 6 heteroatoms. The molecule has 1 amide bonds. The van der Waals surface area contributed by atoms with Gasteiger partial charge in [-0.15, -0.1) is 0 Å². The topological polar surface area (TPSA) is 63.9 Å². The molecule has 0 fully saturated rings. The Hall–Kier alpha value is -2.47. The van der Waals surface area contributed by atoms with E-state index in [2.05, 4.69) is 24.1 Å². The van der Waals surface area contributed by atoms with E-state index in [9.17, 15) is 4.79 Å². The first-order chi connectivity index (χ1) is 12.7. The summed E-state index contributed by atoms with van der Waals surface area (Å²) in [6, 6.07) is 10.7. The van der Waals surface area contributed by atoms with E-state index in [0.717, 1.165) is 31.8 Å². The zero-order chi connectivity index (χ0) is 18.8. The van der Waals surface area contributed by atoms with E-state index in [4.69, 9.17) is 13.9 Å². The molecule has 1 N–H and O–H groups in total. The van der Waals surface area contributed by atoms with Gasteiger partial charge in [-0.05, 0) is 62.5 Å². The summed E-state index contributed by atoms with van der Waals surface area (Å²) in [6.07, 6.45) is 0.918. The molecule has 0 saturated heterocycles. The van der Waals surface area contributed by atoms with E-state index in [1.807, 2.05) is 24.3 Å². The van der Waals surface area contributed by atoms with Gasteiger partial charge in [-0.1, -0.05) is 13.8 Å². The van der Waals surface area contributed by atoms with Gasteiger partial charge in [-0.2, -0.15) is 0 Å². The lowest BCUT2D eigenvalue weighted by molar-refractivity contribution is 0.0920. The van der Waals surface area contributed by atoms with Crippen LogP contribution in [-0.2, 0) is 6.61 Å². The lowest BCUT2D eigenvalue weighted by Gasteiger charge is -2.17. The van der Waals surface area contributed by atoms with Crippen molar-refractivity contribution < 1.29 is 18.7 Å². The van der Waals surface area contributed by atoms with Gasteiger partial charge >= 0.3 is 0 Å². The minimum absolute atomic E-state index is 0.194. The zero-order valence-electron chi connectivity index (χ0n) is 15.8. The lowest BCUT2D eigenvalue weighted by Crippen LogP contribution is -2.29. The summed E-state index contributed by atoms with van der Waals surface area (Å²) in [5.41, 5.74) is 0. The van der Waals surface area contributed by atoms with Crippen molar-refractivity contribution in [1.82, 2.24) is 10.2 Å². The van der Waals surface area contributed by atoms with Crippen molar-refractivity contribution in [3.8, 4) is 11.5 Å². The van der Waals surface area contributed by atoms with Crippen LogP contribution in [0.25, 0.3) is 0 Å². The van der Waals surface area contributed by atoms with E-state index < -0.39 is 0 Å². The van der Waals surface area contributed by atoms with Gasteiger partial charge in [0.25, 0.3) is 5.91 Å². The average molecular weight is 360 g/mol. The number of rotatable bonds is 11. The third-order valence-corrected chi connectivity index (χ3v) is 4.16. The van der Waals surface area contributed by atoms with Crippen LogP contribution in [0.3, 0.4) is 0 Å². The van der Waals surface area contributed by atoms with Crippen molar-refractivity contribution in [2.45, 2.75) is 26.9 Å². The molecule has 0 aliphatic rings. The molecule has 0 aliphatic heterocycles. The van der Waals surface area contributed by atoms with Crippen LogP contribution in [0.1, 0.15) is 36.6 Å². The second-order valence-corrected chi connectivity index (χ2v) is 5.87. The van der Waals surface area contributed by atoms with Crippen LogP contribution in [0.5, 0.6) is 11.5 Å². The number of ether oxygens (including phenoxy) is 2. The maximum absolute atomic E-state index is 12.1. The van der Waals surface area contributed by atoms with Crippen LogP contribution in [-0.4, -0.2) is 44.1 Å². The fraction of sp³-hybridized carbons (Fsp3) is 0.450. The van der Waals surface area contributed by atoms with E-state index in [1.54, 1.807) is 19.2 Å². The Bertz CT molecular complexity index is 663. The van der Waals surface area contributed by atoms with Gasteiger partial charge < -0.3 is 24.1 Å². The van der Waals surface area contributed by atoms with Crippen LogP contribution in [0.2, 0.25) is 0 Å². The van der Waals surface area contributed by atoms with Gasteiger partial charge in [-0.3, -0.25) is 4.79 Å². The smallest absolute Gasteiger partial charge is 0.286 e. The summed E-state index contributed by atoms with van der Waals surface area (Å²) < 4.78 is 16.3. The fourth-order valence-corrected chi connectivity index (χ4v) is 2.54. The van der Waals surface area contributed by atoms with E-state index in [0.29, 0.717) is 23.8 Å². The highest BCUT2D eigenvalue weighted by atomic mass is 16.5. The second-order valence-electron chi connectivity index (χ2n) is 5.87. The highest BCUT2D eigenvalue weighted by Crippen LogP contribution is 2.18. The quantitative estimate of drug-likeness (QED) is 0.623. The third-order valence-electron chi connectivity index (χ3n) is 4.16. The molecule has 6 nitrogen and oxygen atoms in total. The number of methoxy groups -OCH3 is 1. The molecule has 1 aromatic heterocycles. The number of nitrogens with one attached hydrogen (secondary N) is 1. The molecule has 0 radical (unpaired) electrons. The Morgan fingerprint density at radius 1 is 1.08 bits per heavy atom. The van der Waals surface area contributed by atoms with Gasteiger partial charge in [0.05, 0.1) is 7.11 Å². The third kappa shape index (κ3) is 6.11. The number of furan rings is 1. The van der Waals surface area contributed by atoms with Gasteiger partial charge in [0.1, 0.15) is 23.9 Å².